The van der Waals surface area contributed by atoms with Gasteiger partial charge in [-0.25, -0.2) is 4.79 Å². The first-order chi connectivity index (χ1) is 11.4. The molecule has 0 radical (unpaired) electrons. The molecule has 0 saturated carbocycles. The number of halogens is 1. The highest BCUT2D eigenvalue weighted by Crippen LogP contribution is 2.23. The number of urea groups is 1. The minimum absolute atomic E-state index is 0.160. The first-order valence-electron chi connectivity index (χ1n) is 8.11. The molecule has 0 bridgehead atoms. The van der Waals surface area contributed by atoms with Gasteiger partial charge in [-0.3, -0.25) is 4.79 Å². The molecule has 1 aliphatic heterocycles. The van der Waals surface area contributed by atoms with Crippen LogP contribution in [0.25, 0.3) is 0 Å². The van der Waals surface area contributed by atoms with Crippen LogP contribution in [0.15, 0.2) is 18.2 Å². The Labute approximate surface area is 147 Å². The van der Waals surface area contributed by atoms with Crippen LogP contribution in [-0.4, -0.2) is 61.6 Å². The van der Waals surface area contributed by atoms with Gasteiger partial charge in [0.1, 0.15) is 0 Å². The lowest BCUT2D eigenvalue weighted by Gasteiger charge is -2.31. The number of hydrogen-bond donors (Lipinski definition) is 1. The number of anilines is 1. The number of hydrogen-bond acceptors (Lipinski definition) is 3. The van der Waals surface area contributed by atoms with Crippen LogP contribution < -0.4 is 5.32 Å². The first-order valence-corrected chi connectivity index (χ1v) is 8.49. The molecule has 1 saturated heterocycles. The second-order valence-electron chi connectivity index (χ2n) is 5.97. The van der Waals surface area contributed by atoms with Crippen molar-refractivity contribution in [2.24, 2.45) is 0 Å². The summed E-state index contributed by atoms with van der Waals surface area (Å²) in [4.78, 5) is 27.5. The van der Waals surface area contributed by atoms with E-state index in [0.29, 0.717) is 36.0 Å². The number of ether oxygens (including phenoxy) is 1. The summed E-state index contributed by atoms with van der Waals surface area (Å²) in [7, 11) is 3.33. The molecule has 132 valence electrons. The standard InChI is InChI=1S/C17H24ClN3O3/c1-4-24-13-7-9-21(10-8-13)17(23)19-12-5-6-14(15(18)11-12)16(22)20(2)3/h5-6,11,13H,4,7-10H2,1-3H3,(H,19,23). The summed E-state index contributed by atoms with van der Waals surface area (Å²) in [6.45, 7) is 4.02. The summed E-state index contributed by atoms with van der Waals surface area (Å²) < 4.78 is 5.59. The van der Waals surface area contributed by atoms with Crippen molar-refractivity contribution in [2.75, 3.05) is 39.1 Å². The fourth-order valence-electron chi connectivity index (χ4n) is 2.67. The van der Waals surface area contributed by atoms with Gasteiger partial charge in [0.2, 0.25) is 0 Å². The van der Waals surface area contributed by atoms with Crippen molar-refractivity contribution >= 4 is 29.2 Å². The zero-order chi connectivity index (χ0) is 17.7. The minimum Gasteiger partial charge on any atom is -0.378 e. The van der Waals surface area contributed by atoms with Crippen LogP contribution in [-0.2, 0) is 4.74 Å². The van der Waals surface area contributed by atoms with E-state index in [1.165, 1.54) is 4.90 Å². The number of likely N-dealkylation sites (tertiary alicyclic amines) is 1. The molecule has 1 aromatic rings. The number of carbonyl (C=O) groups is 2. The molecule has 1 aromatic carbocycles. The zero-order valence-electron chi connectivity index (χ0n) is 14.3. The summed E-state index contributed by atoms with van der Waals surface area (Å²) >= 11 is 6.16. The fourth-order valence-corrected chi connectivity index (χ4v) is 2.93. The monoisotopic (exact) mass is 353 g/mol. The molecular weight excluding hydrogens is 330 g/mol. The molecule has 3 amide bonds. The molecule has 6 nitrogen and oxygen atoms in total. The average molecular weight is 354 g/mol. The Morgan fingerprint density at radius 1 is 1.33 bits per heavy atom. The number of nitrogens with one attached hydrogen (secondary N) is 1. The van der Waals surface area contributed by atoms with E-state index in [-0.39, 0.29) is 18.0 Å². The number of benzene rings is 1. The van der Waals surface area contributed by atoms with E-state index in [0.717, 1.165) is 12.8 Å². The van der Waals surface area contributed by atoms with Gasteiger partial charge in [0, 0.05) is 39.5 Å². The van der Waals surface area contributed by atoms with Gasteiger partial charge in [0.15, 0.2) is 0 Å². The highest BCUT2D eigenvalue weighted by atomic mass is 35.5. The smallest absolute Gasteiger partial charge is 0.321 e. The van der Waals surface area contributed by atoms with Gasteiger partial charge in [-0.1, -0.05) is 11.6 Å². The Morgan fingerprint density at radius 3 is 2.54 bits per heavy atom. The van der Waals surface area contributed by atoms with Crippen molar-refractivity contribution in [3.63, 3.8) is 0 Å². The van der Waals surface area contributed by atoms with Gasteiger partial charge in [-0.05, 0) is 38.0 Å². The van der Waals surface area contributed by atoms with E-state index in [9.17, 15) is 9.59 Å². The lowest BCUT2D eigenvalue weighted by Crippen LogP contribution is -2.43. The highest BCUT2D eigenvalue weighted by Gasteiger charge is 2.23. The third-order valence-electron chi connectivity index (χ3n) is 3.99. The fraction of sp³-hybridized carbons (Fsp3) is 0.529. The molecule has 24 heavy (non-hydrogen) atoms. The molecule has 1 heterocycles. The van der Waals surface area contributed by atoms with Crippen molar-refractivity contribution in [1.29, 1.82) is 0 Å². The third kappa shape index (κ3) is 4.61. The Hall–Kier alpha value is -1.79. The maximum Gasteiger partial charge on any atom is 0.321 e. The maximum absolute atomic E-state index is 12.3. The molecule has 2 rings (SSSR count). The van der Waals surface area contributed by atoms with E-state index < -0.39 is 0 Å². The SMILES string of the molecule is CCOC1CCN(C(=O)Nc2ccc(C(=O)N(C)C)c(Cl)c2)CC1. The molecule has 1 N–H and O–H groups in total. The van der Waals surface area contributed by atoms with Gasteiger partial charge < -0.3 is 19.9 Å². The third-order valence-corrected chi connectivity index (χ3v) is 4.30. The largest absolute Gasteiger partial charge is 0.378 e. The van der Waals surface area contributed by atoms with Gasteiger partial charge >= 0.3 is 6.03 Å². The lowest BCUT2D eigenvalue weighted by atomic mass is 10.1. The van der Waals surface area contributed by atoms with E-state index in [4.69, 9.17) is 16.3 Å². The second kappa shape index (κ2) is 8.35. The maximum atomic E-state index is 12.3. The summed E-state index contributed by atoms with van der Waals surface area (Å²) in [6.07, 6.45) is 1.93. The molecule has 0 unspecified atom stereocenters. The molecule has 0 aliphatic carbocycles. The van der Waals surface area contributed by atoms with Crippen molar-refractivity contribution in [3.05, 3.63) is 28.8 Å². The Kier molecular flexibility index (Phi) is 6.45. The predicted octanol–water partition coefficient (Wildman–Crippen LogP) is 3.07. The van der Waals surface area contributed by atoms with Crippen LogP contribution >= 0.6 is 11.6 Å². The zero-order valence-corrected chi connectivity index (χ0v) is 15.1. The van der Waals surface area contributed by atoms with Crippen LogP contribution in [0.2, 0.25) is 5.02 Å². The normalized spacial score (nSPS) is 15.2. The molecule has 1 aliphatic rings. The van der Waals surface area contributed by atoms with E-state index in [1.807, 2.05) is 6.92 Å². The van der Waals surface area contributed by atoms with Crippen LogP contribution in [0.4, 0.5) is 10.5 Å². The van der Waals surface area contributed by atoms with E-state index in [1.54, 1.807) is 37.2 Å². The minimum atomic E-state index is -0.170. The van der Waals surface area contributed by atoms with Gasteiger partial charge in [0.05, 0.1) is 16.7 Å². The van der Waals surface area contributed by atoms with Crippen LogP contribution in [0.1, 0.15) is 30.1 Å². The van der Waals surface area contributed by atoms with Crippen LogP contribution in [0.3, 0.4) is 0 Å². The molecule has 0 atom stereocenters. The van der Waals surface area contributed by atoms with Crippen LogP contribution in [0.5, 0.6) is 0 Å². The molecule has 0 aromatic heterocycles. The molecule has 1 fully saturated rings. The number of piperidine rings is 1. The first kappa shape index (κ1) is 18.5. The van der Waals surface area contributed by atoms with Gasteiger partial charge in [0.25, 0.3) is 5.91 Å². The highest BCUT2D eigenvalue weighted by molar-refractivity contribution is 6.34. The number of nitrogens with zero attached hydrogens (tertiary/aromatic N) is 2. The van der Waals surface area contributed by atoms with Gasteiger partial charge in [-0.2, -0.15) is 0 Å². The molecule has 0 spiro atoms. The lowest BCUT2D eigenvalue weighted by molar-refractivity contribution is 0.0232. The number of rotatable bonds is 4. The second-order valence-corrected chi connectivity index (χ2v) is 6.37. The topological polar surface area (TPSA) is 61.9 Å². The van der Waals surface area contributed by atoms with Crippen molar-refractivity contribution < 1.29 is 14.3 Å². The van der Waals surface area contributed by atoms with E-state index in [2.05, 4.69) is 5.32 Å². The predicted molar refractivity (Wildman–Crippen MR) is 94.7 cm³/mol. The van der Waals surface area contributed by atoms with E-state index >= 15 is 0 Å². The summed E-state index contributed by atoms with van der Waals surface area (Å²) in [5, 5.41) is 3.15. The number of carbonyl (C=O) groups excluding carboxylic acids is 2. The average Bonchev–Trinajstić information content (AvgIpc) is 2.55. The summed E-state index contributed by atoms with van der Waals surface area (Å²) in [6, 6.07) is 4.76. The Bertz CT molecular complexity index is 599. The summed E-state index contributed by atoms with van der Waals surface area (Å²) in [5.74, 6) is -0.170. The van der Waals surface area contributed by atoms with Crippen molar-refractivity contribution in [1.82, 2.24) is 9.80 Å². The summed E-state index contributed by atoms with van der Waals surface area (Å²) in [5.41, 5.74) is 0.990. The van der Waals surface area contributed by atoms with Crippen molar-refractivity contribution in [3.8, 4) is 0 Å². The Morgan fingerprint density at radius 2 is 2.00 bits per heavy atom. The van der Waals surface area contributed by atoms with Crippen LogP contribution in [0, 0.1) is 0 Å². The Balaban J connectivity index is 1.95. The van der Waals surface area contributed by atoms with Crippen molar-refractivity contribution in [2.45, 2.75) is 25.9 Å². The molecular formula is C17H24ClN3O3. The molecule has 7 heteroatoms. The number of amides is 3. The van der Waals surface area contributed by atoms with Gasteiger partial charge in [-0.15, -0.1) is 0 Å². The quantitative estimate of drug-likeness (QED) is 0.904.